The van der Waals surface area contributed by atoms with Gasteiger partial charge in [-0.25, -0.2) is 0 Å². The molecule has 0 bridgehead atoms. The second kappa shape index (κ2) is 9.04. The minimum absolute atomic E-state index is 0.199. The normalized spacial score (nSPS) is 14.4. The number of hydrogen-bond donors (Lipinski definition) is 1. The SMILES string of the molecule is CCOC(CC)Oc1ccc(C(CC(C)C)C(C)C)cc1O. The fraction of sp³-hybridized carbons (Fsp3) is 0.684. The first-order valence-corrected chi connectivity index (χ1v) is 8.50. The zero-order valence-electron chi connectivity index (χ0n) is 14.9. The van der Waals surface area contributed by atoms with E-state index in [1.54, 1.807) is 0 Å². The molecule has 126 valence electrons. The van der Waals surface area contributed by atoms with Crippen LogP contribution in [0.4, 0.5) is 0 Å². The Morgan fingerprint density at radius 3 is 2.23 bits per heavy atom. The number of hydrogen-bond acceptors (Lipinski definition) is 3. The van der Waals surface area contributed by atoms with Gasteiger partial charge in [-0.2, -0.15) is 0 Å². The van der Waals surface area contributed by atoms with E-state index >= 15 is 0 Å². The van der Waals surface area contributed by atoms with Crippen LogP contribution in [0.1, 0.15) is 65.9 Å². The van der Waals surface area contributed by atoms with Crippen LogP contribution in [0.15, 0.2) is 18.2 Å². The van der Waals surface area contributed by atoms with Crippen molar-refractivity contribution in [2.45, 2.75) is 66.6 Å². The van der Waals surface area contributed by atoms with Gasteiger partial charge >= 0.3 is 0 Å². The summed E-state index contributed by atoms with van der Waals surface area (Å²) in [6.45, 7) is 13.5. The zero-order chi connectivity index (χ0) is 16.7. The van der Waals surface area contributed by atoms with Crippen LogP contribution in [0.3, 0.4) is 0 Å². The minimum Gasteiger partial charge on any atom is -0.504 e. The van der Waals surface area contributed by atoms with Crippen LogP contribution in [0.25, 0.3) is 0 Å². The lowest BCUT2D eigenvalue weighted by molar-refractivity contribution is -0.0776. The largest absolute Gasteiger partial charge is 0.504 e. The first kappa shape index (κ1) is 18.8. The molecule has 0 saturated heterocycles. The van der Waals surface area contributed by atoms with Crippen molar-refractivity contribution in [2.24, 2.45) is 11.8 Å². The highest BCUT2D eigenvalue weighted by atomic mass is 16.7. The van der Waals surface area contributed by atoms with Gasteiger partial charge in [0.25, 0.3) is 0 Å². The molecule has 3 nitrogen and oxygen atoms in total. The van der Waals surface area contributed by atoms with Crippen LogP contribution in [-0.2, 0) is 4.74 Å². The molecule has 2 atom stereocenters. The molecule has 0 saturated carbocycles. The quantitative estimate of drug-likeness (QED) is 0.627. The number of aromatic hydroxyl groups is 1. The number of phenolic OH excluding ortho intramolecular Hbond substituents is 1. The van der Waals surface area contributed by atoms with E-state index in [-0.39, 0.29) is 12.0 Å². The predicted octanol–water partition coefficient (Wildman–Crippen LogP) is 5.33. The Morgan fingerprint density at radius 2 is 1.77 bits per heavy atom. The summed E-state index contributed by atoms with van der Waals surface area (Å²) in [5.74, 6) is 2.32. The first-order valence-electron chi connectivity index (χ1n) is 8.50. The van der Waals surface area contributed by atoms with Crippen LogP contribution in [0.2, 0.25) is 0 Å². The molecule has 1 aromatic rings. The molecule has 1 aromatic carbocycles. The molecule has 0 fully saturated rings. The van der Waals surface area contributed by atoms with Gasteiger partial charge in [0.05, 0.1) is 0 Å². The second-order valence-electron chi connectivity index (χ2n) is 6.62. The van der Waals surface area contributed by atoms with Gasteiger partial charge in [-0.05, 0) is 48.8 Å². The van der Waals surface area contributed by atoms with Crippen molar-refractivity contribution in [1.82, 2.24) is 0 Å². The summed E-state index contributed by atoms with van der Waals surface area (Å²) in [5.41, 5.74) is 1.18. The average molecular weight is 308 g/mol. The molecule has 0 aliphatic carbocycles. The lowest BCUT2D eigenvalue weighted by atomic mass is 9.82. The van der Waals surface area contributed by atoms with E-state index in [0.29, 0.717) is 30.1 Å². The maximum Gasteiger partial charge on any atom is 0.199 e. The molecule has 0 aromatic heterocycles. The van der Waals surface area contributed by atoms with Crippen molar-refractivity contribution in [1.29, 1.82) is 0 Å². The third kappa shape index (κ3) is 5.53. The lowest BCUT2D eigenvalue weighted by Gasteiger charge is -2.24. The molecule has 1 N–H and O–H groups in total. The van der Waals surface area contributed by atoms with E-state index in [0.717, 1.165) is 12.8 Å². The number of ether oxygens (including phenoxy) is 2. The van der Waals surface area contributed by atoms with E-state index in [1.165, 1.54) is 5.56 Å². The van der Waals surface area contributed by atoms with Gasteiger partial charge in [-0.15, -0.1) is 0 Å². The van der Waals surface area contributed by atoms with Gasteiger partial charge in [0, 0.05) is 13.0 Å². The topological polar surface area (TPSA) is 38.7 Å². The Kier molecular flexibility index (Phi) is 7.74. The highest BCUT2D eigenvalue weighted by molar-refractivity contribution is 5.43. The molecule has 0 aliphatic heterocycles. The van der Waals surface area contributed by atoms with Crippen LogP contribution >= 0.6 is 0 Å². The van der Waals surface area contributed by atoms with E-state index in [1.807, 2.05) is 26.0 Å². The summed E-state index contributed by atoms with van der Waals surface area (Å²) in [5, 5.41) is 10.3. The standard InChI is InChI=1S/C19H32O3/c1-7-19(21-8-2)22-18-10-9-15(12-17(18)20)16(14(5)6)11-13(3)4/h9-10,12-14,16,19-20H,7-8,11H2,1-6H3. The van der Waals surface area contributed by atoms with E-state index < -0.39 is 0 Å². The summed E-state index contributed by atoms with van der Waals surface area (Å²) in [6.07, 6.45) is 1.56. The van der Waals surface area contributed by atoms with Crippen molar-refractivity contribution in [2.75, 3.05) is 6.61 Å². The average Bonchev–Trinajstić information content (AvgIpc) is 2.45. The first-order chi connectivity index (χ1) is 10.4. The van der Waals surface area contributed by atoms with Gasteiger partial charge in [0.15, 0.2) is 17.8 Å². The summed E-state index contributed by atoms with van der Waals surface area (Å²) in [7, 11) is 0. The molecule has 0 spiro atoms. The maximum absolute atomic E-state index is 10.3. The van der Waals surface area contributed by atoms with E-state index in [4.69, 9.17) is 9.47 Å². The van der Waals surface area contributed by atoms with Crippen molar-refractivity contribution in [3.8, 4) is 11.5 Å². The molecule has 22 heavy (non-hydrogen) atoms. The Labute approximate surface area is 135 Å². The Hall–Kier alpha value is -1.22. The third-order valence-electron chi connectivity index (χ3n) is 3.89. The molecule has 3 heteroatoms. The summed E-state index contributed by atoms with van der Waals surface area (Å²) in [4.78, 5) is 0. The second-order valence-corrected chi connectivity index (χ2v) is 6.62. The molecule has 0 amide bonds. The highest BCUT2D eigenvalue weighted by Crippen LogP contribution is 2.36. The monoisotopic (exact) mass is 308 g/mol. The number of phenols is 1. The van der Waals surface area contributed by atoms with Gasteiger partial charge in [-0.3, -0.25) is 0 Å². The van der Waals surface area contributed by atoms with Crippen LogP contribution in [0, 0.1) is 11.8 Å². The van der Waals surface area contributed by atoms with Crippen molar-refractivity contribution in [3.63, 3.8) is 0 Å². The van der Waals surface area contributed by atoms with Crippen LogP contribution in [0.5, 0.6) is 11.5 Å². The molecule has 1 rings (SSSR count). The minimum atomic E-state index is -0.307. The van der Waals surface area contributed by atoms with Gasteiger partial charge in [-0.1, -0.05) is 40.7 Å². The third-order valence-corrected chi connectivity index (χ3v) is 3.89. The molecular weight excluding hydrogens is 276 g/mol. The number of benzene rings is 1. The number of rotatable bonds is 9. The molecular formula is C19H32O3. The van der Waals surface area contributed by atoms with Crippen LogP contribution < -0.4 is 4.74 Å². The predicted molar refractivity (Wildman–Crippen MR) is 91.5 cm³/mol. The Balaban J connectivity index is 2.91. The Bertz CT molecular complexity index is 440. The summed E-state index contributed by atoms with van der Waals surface area (Å²) >= 11 is 0. The van der Waals surface area contributed by atoms with Crippen molar-refractivity contribution in [3.05, 3.63) is 23.8 Å². The van der Waals surface area contributed by atoms with Crippen molar-refractivity contribution < 1.29 is 14.6 Å². The lowest BCUT2D eigenvalue weighted by Crippen LogP contribution is -2.19. The zero-order valence-corrected chi connectivity index (χ0v) is 14.9. The van der Waals surface area contributed by atoms with E-state index in [9.17, 15) is 5.11 Å². The molecule has 0 aliphatic rings. The highest BCUT2D eigenvalue weighted by Gasteiger charge is 2.19. The maximum atomic E-state index is 10.3. The summed E-state index contributed by atoms with van der Waals surface area (Å²) < 4.78 is 11.2. The van der Waals surface area contributed by atoms with Crippen LogP contribution in [-0.4, -0.2) is 18.0 Å². The van der Waals surface area contributed by atoms with E-state index in [2.05, 4.69) is 33.8 Å². The summed E-state index contributed by atoms with van der Waals surface area (Å²) in [6, 6.07) is 5.78. The van der Waals surface area contributed by atoms with Gasteiger partial charge in [0.1, 0.15) is 0 Å². The fourth-order valence-electron chi connectivity index (χ4n) is 2.73. The molecule has 0 heterocycles. The smallest absolute Gasteiger partial charge is 0.199 e. The molecule has 0 radical (unpaired) electrons. The Morgan fingerprint density at radius 1 is 1.09 bits per heavy atom. The van der Waals surface area contributed by atoms with Gasteiger partial charge in [0.2, 0.25) is 0 Å². The van der Waals surface area contributed by atoms with Gasteiger partial charge < -0.3 is 14.6 Å². The van der Waals surface area contributed by atoms with Crippen molar-refractivity contribution >= 4 is 0 Å². The molecule has 2 unspecified atom stereocenters. The fourth-order valence-corrected chi connectivity index (χ4v) is 2.73.